The van der Waals surface area contributed by atoms with Gasteiger partial charge >= 0.3 is 18.2 Å². The third-order valence-corrected chi connectivity index (χ3v) is 7.71. The molecular formula is C35H37F3N3O6Y-. The number of β-lactam (4-membered cyclic amide) rings is 1. The summed E-state index contributed by atoms with van der Waals surface area (Å²) in [7, 11) is 0. The van der Waals surface area contributed by atoms with Gasteiger partial charge in [-0.2, -0.15) is 18.7 Å². The van der Waals surface area contributed by atoms with Gasteiger partial charge in [0.2, 0.25) is 11.8 Å². The Hall–Kier alpha value is -4.03. The molecule has 2 N–H and O–H groups in total. The first-order valence-electron chi connectivity index (χ1n) is 14.2. The monoisotopic (exact) mass is 741 g/mol. The van der Waals surface area contributed by atoms with Crippen LogP contribution in [0.3, 0.4) is 0 Å². The molecule has 2 heterocycles. The van der Waals surface area contributed by atoms with Crippen molar-refractivity contribution < 1.29 is 74.9 Å². The van der Waals surface area contributed by atoms with Crippen LogP contribution in [0.4, 0.5) is 18.0 Å². The number of likely N-dealkylation sites (tertiary alicyclic amines) is 1. The number of halogens is 3. The molecule has 0 saturated carbocycles. The van der Waals surface area contributed by atoms with Crippen LogP contribution < -0.4 is 5.32 Å². The zero-order chi connectivity index (χ0) is 32.1. The van der Waals surface area contributed by atoms with Gasteiger partial charge in [0.15, 0.2) is 0 Å². The van der Waals surface area contributed by atoms with E-state index in [-0.39, 0.29) is 72.7 Å². The van der Waals surface area contributed by atoms with Gasteiger partial charge < -0.3 is 20.1 Å². The third kappa shape index (κ3) is 9.11. The Morgan fingerprint density at radius 3 is 2.27 bits per heavy atom. The number of benzene rings is 3. The van der Waals surface area contributed by atoms with Gasteiger partial charge in [-0.05, 0) is 29.7 Å². The van der Waals surface area contributed by atoms with Gasteiger partial charge in [-0.3, -0.25) is 19.3 Å². The van der Waals surface area contributed by atoms with Crippen molar-refractivity contribution in [2.24, 2.45) is 0 Å². The molecule has 0 aliphatic carbocycles. The molecule has 9 nitrogen and oxygen atoms in total. The number of cyclic esters (lactones) is 1. The van der Waals surface area contributed by atoms with Crippen LogP contribution in [0.15, 0.2) is 84.9 Å². The summed E-state index contributed by atoms with van der Waals surface area (Å²) in [5.41, 5.74) is 0.751. The second kappa shape index (κ2) is 17.4. The summed E-state index contributed by atoms with van der Waals surface area (Å²) in [6.45, 7) is -0.289. The molecule has 3 amide bonds. The summed E-state index contributed by atoms with van der Waals surface area (Å²) in [6, 6.07) is 18.5. The second-order valence-electron chi connectivity index (χ2n) is 10.6. The van der Waals surface area contributed by atoms with Crippen molar-refractivity contribution in [3.63, 3.8) is 0 Å². The first-order chi connectivity index (χ1) is 21.5. The van der Waals surface area contributed by atoms with Gasteiger partial charge in [-0.25, -0.2) is 16.9 Å². The normalized spacial score (nSPS) is 19.3. The standard InChI is InChI=1S/C33H29F3N3O6.2CH4.Y/c34-33(35,36)24-13-7-10-22(18-24)19-37-30(42)26(16-17-28(40)41)38-25(15-14-21-8-3-1-4-9-21)29(31(38)43)39-27(20-45-32(39)44)23-11-5-2-6-12-23;;;/h1-14,18,25-27,29H,16-17,19-20H2,(H,37,42)(H,40,41);2*1H4;/q-1;;;/t25?,26-,27+,29?;;;/m0.../s1. The smallest absolute Gasteiger partial charge is 0.416 e. The molecule has 0 spiro atoms. The number of carbonyl (C=O) groups excluding carboxylic acids is 3. The predicted molar refractivity (Wildman–Crippen MR) is 168 cm³/mol. The van der Waals surface area contributed by atoms with Gasteiger partial charge in [0, 0.05) is 51.7 Å². The molecule has 2 saturated heterocycles. The van der Waals surface area contributed by atoms with Gasteiger partial charge in [-0.1, -0.05) is 75.5 Å². The second-order valence-corrected chi connectivity index (χ2v) is 10.6. The minimum absolute atomic E-state index is 0. The number of nitrogens with one attached hydrogen (secondary N) is 1. The fourth-order valence-corrected chi connectivity index (χ4v) is 5.51. The maximum Gasteiger partial charge on any atom is 0.416 e. The summed E-state index contributed by atoms with van der Waals surface area (Å²) in [5.74, 6) is -2.57. The molecule has 0 bridgehead atoms. The number of hydrogen-bond acceptors (Lipinski definition) is 5. The predicted octanol–water partition coefficient (Wildman–Crippen LogP) is 6.11. The number of ether oxygens (including phenoxy) is 1. The molecule has 2 aliphatic heterocycles. The van der Waals surface area contributed by atoms with Gasteiger partial charge in [0.05, 0.1) is 11.6 Å². The molecule has 0 aromatic heterocycles. The van der Waals surface area contributed by atoms with E-state index in [9.17, 15) is 37.5 Å². The van der Waals surface area contributed by atoms with E-state index in [2.05, 4.69) is 11.4 Å². The number of nitrogens with zero attached hydrogens (tertiary/aromatic N) is 2. The Morgan fingerprint density at radius 2 is 1.65 bits per heavy atom. The summed E-state index contributed by atoms with van der Waals surface area (Å²) >= 11 is 0. The summed E-state index contributed by atoms with van der Waals surface area (Å²) in [4.78, 5) is 54.4. The topological polar surface area (TPSA) is 116 Å². The number of amides is 3. The van der Waals surface area contributed by atoms with Crippen molar-refractivity contribution in [2.75, 3.05) is 6.61 Å². The molecular weight excluding hydrogens is 704 g/mol. The molecule has 2 fully saturated rings. The van der Waals surface area contributed by atoms with Crippen LogP contribution in [0, 0.1) is 6.08 Å². The van der Waals surface area contributed by atoms with E-state index in [0.717, 1.165) is 23.3 Å². The van der Waals surface area contributed by atoms with E-state index >= 15 is 0 Å². The largest absolute Gasteiger partial charge is 0.481 e. The maximum atomic E-state index is 13.9. The SMILES string of the molecule is C.C.O=C(O)CC[C@@H](C(=O)NCc1cccc(C(F)(F)F)c1)N1C(=O)C(N2C(=O)OC[C@@H]2c2ccccc2)C1[C-]=Cc1ccccc1.[Y]. The number of rotatable bonds is 11. The number of alkyl halides is 3. The van der Waals surface area contributed by atoms with Crippen LogP contribution >= 0.6 is 0 Å². The van der Waals surface area contributed by atoms with E-state index in [1.54, 1.807) is 54.6 Å². The summed E-state index contributed by atoms with van der Waals surface area (Å²) in [6.07, 6.45) is -1.29. The number of hydrogen-bond donors (Lipinski definition) is 2. The molecule has 4 atom stereocenters. The van der Waals surface area contributed by atoms with Crippen molar-refractivity contribution in [3.8, 4) is 0 Å². The third-order valence-electron chi connectivity index (χ3n) is 7.71. The van der Waals surface area contributed by atoms with E-state index in [0.29, 0.717) is 0 Å². The molecule has 2 aliphatic rings. The van der Waals surface area contributed by atoms with Crippen LogP contribution in [-0.4, -0.2) is 63.5 Å². The van der Waals surface area contributed by atoms with E-state index < -0.39 is 66.2 Å². The maximum absolute atomic E-state index is 13.9. The minimum atomic E-state index is -4.58. The zero-order valence-electron chi connectivity index (χ0n) is 24.4. The van der Waals surface area contributed by atoms with Gasteiger partial charge in [0.25, 0.3) is 0 Å². The van der Waals surface area contributed by atoms with Crippen LogP contribution in [-0.2, 0) is 64.6 Å². The minimum Gasteiger partial charge on any atom is -0.481 e. The fourth-order valence-electron chi connectivity index (χ4n) is 5.51. The summed E-state index contributed by atoms with van der Waals surface area (Å²) in [5, 5.41) is 12.0. The van der Waals surface area contributed by atoms with Crippen molar-refractivity contribution >= 4 is 30.0 Å². The Kier molecular flexibility index (Phi) is 14.5. The van der Waals surface area contributed by atoms with E-state index in [1.807, 2.05) is 12.1 Å². The Morgan fingerprint density at radius 1 is 1.00 bits per heavy atom. The first-order valence-corrected chi connectivity index (χ1v) is 14.2. The molecule has 1 radical (unpaired) electrons. The van der Waals surface area contributed by atoms with Crippen LogP contribution in [0.2, 0.25) is 0 Å². The van der Waals surface area contributed by atoms with Crippen LogP contribution in [0.1, 0.15) is 56.0 Å². The van der Waals surface area contributed by atoms with E-state index in [4.69, 9.17) is 4.74 Å². The number of carboxylic acid groups (broad SMARTS) is 1. The molecule has 2 unspecified atom stereocenters. The number of carboxylic acids is 1. The van der Waals surface area contributed by atoms with Crippen molar-refractivity contribution in [1.82, 2.24) is 15.1 Å². The molecule has 3 aromatic rings. The quantitative estimate of drug-likeness (QED) is 0.181. The molecule has 5 rings (SSSR count). The first kappa shape index (κ1) is 40.1. The zero-order valence-corrected chi connectivity index (χ0v) is 27.2. The number of aliphatic carboxylic acids is 1. The van der Waals surface area contributed by atoms with Gasteiger partial charge in [0.1, 0.15) is 18.7 Å². The summed E-state index contributed by atoms with van der Waals surface area (Å²) < 4.78 is 45.0. The molecule has 3 aromatic carbocycles. The average molecular weight is 742 g/mol. The van der Waals surface area contributed by atoms with Crippen LogP contribution in [0.25, 0.3) is 6.08 Å². The van der Waals surface area contributed by atoms with Crippen molar-refractivity contribution in [2.45, 2.75) is 64.6 Å². The van der Waals surface area contributed by atoms with Crippen molar-refractivity contribution in [1.29, 1.82) is 0 Å². The number of carbonyl (C=O) groups is 4. The Balaban J connectivity index is 0.00000267. The Labute approximate surface area is 303 Å². The molecule has 48 heavy (non-hydrogen) atoms. The Bertz CT molecular complexity index is 1590. The fraction of sp³-hybridized carbons (Fsp3) is 0.314. The molecule has 253 valence electrons. The van der Waals surface area contributed by atoms with E-state index in [1.165, 1.54) is 21.9 Å². The van der Waals surface area contributed by atoms with Crippen molar-refractivity contribution in [3.05, 3.63) is 113 Å². The van der Waals surface area contributed by atoms with Gasteiger partial charge in [-0.15, -0.1) is 12.1 Å². The molecule has 13 heteroatoms. The van der Waals surface area contributed by atoms with Crippen LogP contribution in [0.5, 0.6) is 0 Å². The average Bonchev–Trinajstić information content (AvgIpc) is 3.40.